The number of ether oxygens (including phenoxy) is 3. The summed E-state index contributed by atoms with van der Waals surface area (Å²) < 4.78 is 75.6. The SMILES string of the molecule is C[C@@H]1CN(c2cc(F)c(-c3ccc(OCCNC(=O)OCc4ccccc4)cc3)cc2NC(=O)c2cnc(OCC[Si](C)(C)C)cc2C(F)(F)F)C[C@H](C)N1C. The first kappa shape index (κ1) is 42.0. The van der Waals surface area contributed by atoms with Crippen LogP contribution in [-0.2, 0) is 17.5 Å². The standard InChI is InChI=1S/C41H49F4N5O5Si/c1-27-24-50(25-28(2)49(27)3)37-22-35(42)32(30-12-14-31(15-13-30)53-17-16-46-40(52)55-26-29-10-8-7-9-11-29)20-36(37)48-39(51)33-23-47-38(21-34(33)41(43,44)45)54-18-19-56(4,5)6/h7-15,20-23,27-28H,16-19,24-26H2,1-6H3,(H,46,52)(H,48,51)/t27-,28+. The third kappa shape index (κ3) is 11.4. The molecule has 0 aliphatic carbocycles. The van der Waals surface area contributed by atoms with Gasteiger partial charge in [0.05, 0.1) is 35.7 Å². The fraction of sp³-hybridized carbons (Fsp3) is 0.390. The Morgan fingerprint density at radius 3 is 2.25 bits per heavy atom. The van der Waals surface area contributed by atoms with Gasteiger partial charge in [-0.1, -0.05) is 62.1 Å². The van der Waals surface area contributed by atoms with Crippen LogP contribution in [-0.4, -0.2) is 81.9 Å². The van der Waals surface area contributed by atoms with Gasteiger partial charge >= 0.3 is 12.3 Å². The number of nitrogens with one attached hydrogen (secondary N) is 2. The molecule has 0 bridgehead atoms. The Bertz CT molecular complexity index is 1950. The Morgan fingerprint density at radius 1 is 0.929 bits per heavy atom. The van der Waals surface area contributed by atoms with Crippen LogP contribution in [0.25, 0.3) is 11.1 Å². The molecule has 0 radical (unpaired) electrons. The molecule has 0 unspecified atom stereocenters. The summed E-state index contributed by atoms with van der Waals surface area (Å²) in [5.74, 6) is -1.39. The van der Waals surface area contributed by atoms with E-state index in [1.165, 1.54) is 12.1 Å². The van der Waals surface area contributed by atoms with Crippen molar-refractivity contribution >= 4 is 31.4 Å². The van der Waals surface area contributed by atoms with Crippen molar-refractivity contribution in [3.05, 3.63) is 102 Å². The van der Waals surface area contributed by atoms with Gasteiger partial charge in [-0.05, 0) is 62.3 Å². The van der Waals surface area contributed by atoms with E-state index in [1.807, 2.05) is 56.1 Å². The lowest BCUT2D eigenvalue weighted by Gasteiger charge is -2.44. The number of benzene rings is 3. The predicted octanol–water partition coefficient (Wildman–Crippen LogP) is 8.71. The first-order valence-corrected chi connectivity index (χ1v) is 22.2. The van der Waals surface area contributed by atoms with Crippen molar-refractivity contribution in [2.24, 2.45) is 0 Å². The minimum Gasteiger partial charge on any atom is -0.492 e. The molecule has 10 nitrogen and oxygen atoms in total. The molecule has 15 heteroatoms. The second-order valence-corrected chi connectivity index (χ2v) is 20.8. The number of halogens is 4. The second-order valence-electron chi connectivity index (χ2n) is 15.2. The molecule has 2 N–H and O–H groups in total. The van der Waals surface area contributed by atoms with Gasteiger partial charge < -0.3 is 29.7 Å². The number of amides is 2. The van der Waals surface area contributed by atoms with Crippen LogP contribution in [0.5, 0.6) is 11.6 Å². The number of nitrogens with zero attached hydrogens (tertiary/aromatic N) is 3. The van der Waals surface area contributed by atoms with E-state index in [0.29, 0.717) is 30.1 Å². The van der Waals surface area contributed by atoms with Crippen LogP contribution in [0.3, 0.4) is 0 Å². The average Bonchev–Trinajstić information content (AvgIpc) is 3.15. The van der Waals surface area contributed by atoms with Crippen LogP contribution in [0.4, 0.5) is 33.7 Å². The average molecular weight is 796 g/mol. The van der Waals surface area contributed by atoms with Crippen LogP contribution in [0, 0.1) is 5.82 Å². The topological polar surface area (TPSA) is 105 Å². The fourth-order valence-corrected chi connectivity index (χ4v) is 6.87. The number of piperazine rings is 1. The number of pyridine rings is 1. The van der Waals surface area contributed by atoms with Crippen molar-refractivity contribution < 1.29 is 41.4 Å². The molecule has 2 amide bonds. The Hall–Kier alpha value is -5.15. The number of alkyl halides is 3. The Kier molecular flexibility index (Phi) is 13.6. The van der Waals surface area contributed by atoms with Gasteiger partial charge in [-0.2, -0.15) is 13.2 Å². The van der Waals surface area contributed by atoms with Crippen molar-refractivity contribution in [1.29, 1.82) is 0 Å². The molecule has 300 valence electrons. The largest absolute Gasteiger partial charge is 0.492 e. The van der Waals surface area contributed by atoms with Gasteiger partial charge in [-0.3, -0.25) is 9.69 Å². The van der Waals surface area contributed by atoms with Gasteiger partial charge in [-0.25, -0.2) is 14.2 Å². The van der Waals surface area contributed by atoms with Gasteiger partial charge in [0.2, 0.25) is 5.88 Å². The zero-order chi connectivity index (χ0) is 40.6. The van der Waals surface area contributed by atoms with Crippen LogP contribution in [0.2, 0.25) is 25.7 Å². The van der Waals surface area contributed by atoms with E-state index in [-0.39, 0.29) is 55.6 Å². The van der Waals surface area contributed by atoms with Crippen molar-refractivity contribution in [3.8, 4) is 22.8 Å². The maximum Gasteiger partial charge on any atom is 0.417 e. The molecular weight excluding hydrogens is 747 g/mol. The summed E-state index contributed by atoms with van der Waals surface area (Å²) in [4.78, 5) is 33.9. The smallest absolute Gasteiger partial charge is 0.417 e. The highest BCUT2D eigenvalue weighted by molar-refractivity contribution is 6.76. The van der Waals surface area contributed by atoms with Crippen LogP contribution in [0.15, 0.2) is 79.0 Å². The molecule has 1 aromatic heterocycles. The minimum absolute atomic E-state index is 0.0715. The number of anilines is 2. The van der Waals surface area contributed by atoms with Crippen molar-refractivity contribution in [2.75, 3.05) is 50.1 Å². The highest BCUT2D eigenvalue weighted by Crippen LogP contribution is 2.38. The summed E-state index contributed by atoms with van der Waals surface area (Å²) in [7, 11) is 0.475. The van der Waals surface area contributed by atoms with E-state index < -0.39 is 43.2 Å². The molecule has 5 rings (SSSR count). The van der Waals surface area contributed by atoms with E-state index in [1.54, 1.807) is 24.3 Å². The Morgan fingerprint density at radius 2 is 1.61 bits per heavy atom. The number of alkyl carbamates (subject to hydrolysis) is 1. The predicted molar refractivity (Wildman–Crippen MR) is 212 cm³/mol. The van der Waals surface area contributed by atoms with E-state index in [4.69, 9.17) is 14.2 Å². The van der Waals surface area contributed by atoms with Gasteiger partial charge in [-0.15, -0.1) is 0 Å². The first-order valence-electron chi connectivity index (χ1n) is 18.5. The van der Waals surface area contributed by atoms with Gasteiger partial charge in [0, 0.05) is 51.1 Å². The lowest BCUT2D eigenvalue weighted by atomic mass is 10.0. The van der Waals surface area contributed by atoms with Gasteiger partial charge in [0.25, 0.3) is 5.91 Å². The van der Waals surface area contributed by atoms with Crippen molar-refractivity contribution in [3.63, 3.8) is 0 Å². The number of hydrogen-bond donors (Lipinski definition) is 2. The summed E-state index contributed by atoms with van der Waals surface area (Å²) in [5, 5.41) is 5.29. The van der Waals surface area contributed by atoms with Gasteiger partial charge in [0.1, 0.15) is 24.8 Å². The molecule has 1 aliphatic rings. The molecule has 1 saturated heterocycles. The molecule has 0 spiro atoms. The van der Waals surface area contributed by atoms with Crippen LogP contribution >= 0.6 is 0 Å². The second kappa shape index (κ2) is 18.2. The first-order chi connectivity index (χ1) is 26.5. The summed E-state index contributed by atoms with van der Waals surface area (Å²) in [6, 6.07) is 20.2. The van der Waals surface area contributed by atoms with Crippen LogP contribution < -0.4 is 25.0 Å². The summed E-state index contributed by atoms with van der Waals surface area (Å²) in [5.41, 5.74) is 0.0326. The molecule has 0 saturated carbocycles. The summed E-state index contributed by atoms with van der Waals surface area (Å²) in [6.07, 6.45) is -4.59. The Labute approximate surface area is 326 Å². The van der Waals surface area contributed by atoms with E-state index >= 15 is 4.39 Å². The lowest BCUT2D eigenvalue weighted by Crippen LogP contribution is -2.55. The number of likely N-dealkylation sites (N-methyl/N-ethyl adjacent to an activating group) is 1. The molecule has 3 aromatic carbocycles. The van der Waals surface area contributed by atoms with Crippen LogP contribution in [0.1, 0.15) is 35.3 Å². The molecule has 1 fully saturated rings. The maximum atomic E-state index is 16.0. The highest BCUT2D eigenvalue weighted by Gasteiger charge is 2.37. The molecule has 2 heterocycles. The quantitative estimate of drug-likeness (QED) is 0.0743. The number of hydrogen-bond acceptors (Lipinski definition) is 8. The third-order valence-electron chi connectivity index (χ3n) is 9.58. The summed E-state index contributed by atoms with van der Waals surface area (Å²) >= 11 is 0. The fourth-order valence-electron chi connectivity index (χ4n) is 6.16. The molecule has 1 aliphatic heterocycles. The van der Waals surface area contributed by atoms with Crippen molar-refractivity contribution in [2.45, 2.75) is 64.4 Å². The van der Waals surface area contributed by atoms with E-state index in [2.05, 4.69) is 40.2 Å². The summed E-state index contributed by atoms with van der Waals surface area (Å²) in [6.45, 7) is 12.1. The number of carbonyl (C=O) groups is 2. The number of aromatic nitrogens is 1. The normalized spacial score (nSPS) is 16.3. The molecule has 56 heavy (non-hydrogen) atoms. The van der Waals surface area contributed by atoms with E-state index in [0.717, 1.165) is 23.9 Å². The van der Waals surface area contributed by atoms with Crippen molar-refractivity contribution in [1.82, 2.24) is 15.2 Å². The van der Waals surface area contributed by atoms with E-state index in [9.17, 15) is 22.8 Å². The highest BCUT2D eigenvalue weighted by atomic mass is 28.3. The zero-order valence-corrected chi connectivity index (χ0v) is 33.5. The molecular formula is C41H49F4N5O5Si. The Balaban J connectivity index is 1.34. The molecule has 2 atom stereocenters. The zero-order valence-electron chi connectivity index (χ0n) is 32.5. The molecule has 4 aromatic rings. The minimum atomic E-state index is -4.88. The monoisotopic (exact) mass is 795 g/mol. The lowest BCUT2D eigenvalue weighted by molar-refractivity contribution is -0.138. The third-order valence-corrected chi connectivity index (χ3v) is 11.3. The number of rotatable bonds is 14. The number of carbonyl (C=O) groups excluding carboxylic acids is 2. The van der Waals surface area contributed by atoms with Gasteiger partial charge in [0.15, 0.2) is 0 Å². The maximum absolute atomic E-state index is 16.0.